The van der Waals surface area contributed by atoms with Gasteiger partial charge in [0.05, 0.1) is 10.6 Å². The number of amides is 1. The standard InChI is InChI=1S/C14H10N4O2S2/c1-8-5-12(20-17-8)16-13(19)10-7-22-14-15-9(6-18(10)14)11-3-2-4-21-11/h2-7H,1H3,(H,16,19). The van der Waals surface area contributed by atoms with Gasteiger partial charge in [-0.1, -0.05) is 11.2 Å². The zero-order chi connectivity index (χ0) is 15.1. The van der Waals surface area contributed by atoms with Crippen LogP contribution in [0, 0.1) is 6.92 Å². The molecule has 0 spiro atoms. The largest absolute Gasteiger partial charge is 0.338 e. The van der Waals surface area contributed by atoms with Gasteiger partial charge in [-0.2, -0.15) is 0 Å². The third-order valence-electron chi connectivity index (χ3n) is 3.08. The van der Waals surface area contributed by atoms with Gasteiger partial charge in [0.15, 0.2) is 4.96 Å². The van der Waals surface area contributed by atoms with Gasteiger partial charge in [-0.25, -0.2) is 4.98 Å². The molecule has 4 aromatic heterocycles. The number of thiazole rings is 1. The smallest absolute Gasteiger partial charge is 0.275 e. The highest BCUT2D eigenvalue weighted by Gasteiger charge is 2.17. The molecule has 0 aliphatic heterocycles. The van der Waals surface area contributed by atoms with Crippen LogP contribution in [-0.2, 0) is 0 Å². The van der Waals surface area contributed by atoms with Crippen LogP contribution in [0.4, 0.5) is 5.88 Å². The van der Waals surface area contributed by atoms with E-state index in [0.717, 1.165) is 15.5 Å². The number of hydrogen-bond donors (Lipinski definition) is 1. The normalized spacial score (nSPS) is 11.1. The van der Waals surface area contributed by atoms with Crippen molar-refractivity contribution >= 4 is 39.4 Å². The summed E-state index contributed by atoms with van der Waals surface area (Å²) in [6, 6.07) is 5.66. The van der Waals surface area contributed by atoms with Crippen LogP contribution in [-0.4, -0.2) is 20.4 Å². The first kappa shape index (κ1) is 13.2. The molecule has 0 fully saturated rings. The maximum absolute atomic E-state index is 12.4. The number of thiophene rings is 1. The van der Waals surface area contributed by atoms with E-state index in [9.17, 15) is 4.79 Å². The number of fused-ring (bicyclic) bond motifs is 1. The second-order valence-corrected chi connectivity index (χ2v) is 6.45. The van der Waals surface area contributed by atoms with E-state index in [0.29, 0.717) is 17.3 Å². The van der Waals surface area contributed by atoms with Crippen LogP contribution in [0.3, 0.4) is 0 Å². The average Bonchev–Trinajstić information content (AvgIpc) is 3.21. The molecule has 0 aliphatic carbocycles. The Morgan fingerprint density at radius 2 is 2.32 bits per heavy atom. The summed E-state index contributed by atoms with van der Waals surface area (Å²) in [4.78, 5) is 18.8. The van der Waals surface area contributed by atoms with E-state index in [1.54, 1.807) is 34.1 Å². The van der Waals surface area contributed by atoms with Crippen LogP contribution in [0.1, 0.15) is 16.2 Å². The fraction of sp³-hybridized carbons (Fsp3) is 0.0714. The Kier molecular flexibility index (Phi) is 3.05. The third-order valence-corrected chi connectivity index (χ3v) is 4.81. The zero-order valence-corrected chi connectivity index (χ0v) is 13.1. The lowest BCUT2D eigenvalue weighted by Crippen LogP contribution is -2.13. The van der Waals surface area contributed by atoms with Gasteiger partial charge in [-0.3, -0.25) is 14.5 Å². The molecular weight excluding hydrogens is 320 g/mol. The molecule has 22 heavy (non-hydrogen) atoms. The Morgan fingerprint density at radius 1 is 1.41 bits per heavy atom. The van der Waals surface area contributed by atoms with Gasteiger partial charge in [-0.15, -0.1) is 22.7 Å². The number of hydrogen-bond acceptors (Lipinski definition) is 6. The quantitative estimate of drug-likeness (QED) is 0.622. The van der Waals surface area contributed by atoms with Crippen molar-refractivity contribution in [3.8, 4) is 10.6 Å². The van der Waals surface area contributed by atoms with Crippen molar-refractivity contribution in [3.63, 3.8) is 0 Å². The molecule has 110 valence electrons. The van der Waals surface area contributed by atoms with E-state index in [1.807, 2.05) is 23.7 Å². The van der Waals surface area contributed by atoms with E-state index in [4.69, 9.17) is 4.52 Å². The average molecular weight is 330 g/mol. The molecular formula is C14H10N4O2S2. The maximum Gasteiger partial charge on any atom is 0.275 e. The van der Waals surface area contributed by atoms with Gasteiger partial charge in [0.1, 0.15) is 11.4 Å². The highest BCUT2D eigenvalue weighted by Crippen LogP contribution is 2.27. The first-order valence-corrected chi connectivity index (χ1v) is 8.22. The number of nitrogens with one attached hydrogen (secondary N) is 1. The van der Waals surface area contributed by atoms with E-state index in [1.165, 1.54) is 11.3 Å². The molecule has 1 N–H and O–H groups in total. The van der Waals surface area contributed by atoms with Crippen LogP contribution in [0.5, 0.6) is 0 Å². The molecule has 4 rings (SSSR count). The maximum atomic E-state index is 12.4. The summed E-state index contributed by atoms with van der Waals surface area (Å²) in [6.07, 6.45) is 1.87. The van der Waals surface area contributed by atoms with E-state index < -0.39 is 0 Å². The number of rotatable bonds is 3. The highest BCUT2D eigenvalue weighted by atomic mass is 32.1. The monoisotopic (exact) mass is 330 g/mol. The van der Waals surface area contributed by atoms with Crippen LogP contribution in [0.15, 0.2) is 39.7 Å². The summed E-state index contributed by atoms with van der Waals surface area (Å²) in [6.45, 7) is 1.80. The summed E-state index contributed by atoms with van der Waals surface area (Å²) >= 11 is 3.04. The lowest BCUT2D eigenvalue weighted by Gasteiger charge is -1.99. The van der Waals surface area contributed by atoms with Gasteiger partial charge in [-0.05, 0) is 18.4 Å². The summed E-state index contributed by atoms with van der Waals surface area (Å²) in [5, 5.41) is 10.2. The SMILES string of the molecule is Cc1cc(NC(=O)c2csc3nc(-c4cccs4)cn23)on1. The third kappa shape index (κ3) is 2.22. The van der Waals surface area contributed by atoms with Gasteiger partial charge in [0.2, 0.25) is 5.88 Å². The number of carbonyl (C=O) groups is 1. The van der Waals surface area contributed by atoms with Crippen LogP contribution in [0.25, 0.3) is 15.5 Å². The van der Waals surface area contributed by atoms with Crippen LogP contribution in [0.2, 0.25) is 0 Å². The topological polar surface area (TPSA) is 72.4 Å². The number of carbonyl (C=O) groups excluding carboxylic acids is 1. The Hall–Kier alpha value is -2.45. The molecule has 0 aromatic carbocycles. The first-order valence-electron chi connectivity index (χ1n) is 6.46. The Labute approximate surface area is 133 Å². The first-order chi connectivity index (χ1) is 10.7. The summed E-state index contributed by atoms with van der Waals surface area (Å²) in [7, 11) is 0. The molecule has 4 heterocycles. The van der Waals surface area contributed by atoms with E-state index in [2.05, 4.69) is 15.5 Å². The molecule has 4 aromatic rings. The molecule has 0 unspecified atom stereocenters. The van der Waals surface area contributed by atoms with E-state index >= 15 is 0 Å². The van der Waals surface area contributed by atoms with Gasteiger partial charge < -0.3 is 4.52 Å². The fourth-order valence-corrected chi connectivity index (χ4v) is 3.62. The van der Waals surface area contributed by atoms with Crippen molar-refractivity contribution in [1.82, 2.24) is 14.5 Å². The molecule has 0 aliphatic rings. The number of imidazole rings is 1. The Morgan fingerprint density at radius 3 is 3.05 bits per heavy atom. The molecule has 0 bridgehead atoms. The summed E-state index contributed by atoms with van der Waals surface area (Å²) < 4.78 is 6.80. The minimum atomic E-state index is -0.252. The molecule has 6 nitrogen and oxygen atoms in total. The fourth-order valence-electron chi connectivity index (χ4n) is 2.09. The molecule has 1 amide bonds. The second-order valence-electron chi connectivity index (χ2n) is 4.66. The number of nitrogens with zero attached hydrogens (tertiary/aromatic N) is 3. The van der Waals surface area contributed by atoms with Crippen molar-refractivity contribution in [2.24, 2.45) is 0 Å². The second kappa shape index (κ2) is 5.08. The predicted octanol–water partition coefficient (Wildman–Crippen LogP) is 3.67. The van der Waals surface area contributed by atoms with Crippen molar-refractivity contribution < 1.29 is 9.32 Å². The predicted molar refractivity (Wildman–Crippen MR) is 85.6 cm³/mol. The summed E-state index contributed by atoms with van der Waals surface area (Å²) in [5.74, 6) is 0.0815. The number of anilines is 1. The minimum Gasteiger partial charge on any atom is -0.338 e. The van der Waals surface area contributed by atoms with Gasteiger partial charge in [0.25, 0.3) is 5.91 Å². The van der Waals surface area contributed by atoms with Crippen molar-refractivity contribution in [3.05, 3.63) is 46.5 Å². The van der Waals surface area contributed by atoms with Crippen LogP contribution < -0.4 is 5.32 Å². The lowest BCUT2D eigenvalue weighted by atomic mass is 10.4. The van der Waals surface area contributed by atoms with Crippen molar-refractivity contribution in [1.29, 1.82) is 0 Å². The molecule has 0 atom stereocenters. The minimum absolute atomic E-state index is 0.252. The van der Waals surface area contributed by atoms with Gasteiger partial charge >= 0.3 is 0 Å². The van der Waals surface area contributed by atoms with Crippen LogP contribution >= 0.6 is 22.7 Å². The van der Waals surface area contributed by atoms with Gasteiger partial charge in [0, 0.05) is 17.6 Å². The molecule has 0 saturated carbocycles. The van der Waals surface area contributed by atoms with Crippen molar-refractivity contribution in [2.45, 2.75) is 6.92 Å². The summed E-state index contributed by atoms with van der Waals surface area (Å²) in [5.41, 5.74) is 2.10. The Bertz CT molecular complexity index is 949. The molecule has 0 radical (unpaired) electrons. The zero-order valence-electron chi connectivity index (χ0n) is 11.4. The highest BCUT2D eigenvalue weighted by molar-refractivity contribution is 7.15. The Balaban J connectivity index is 1.68. The van der Waals surface area contributed by atoms with E-state index in [-0.39, 0.29) is 5.91 Å². The lowest BCUT2D eigenvalue weighted by molar-refractivity contribution is 0.101. The van der Waals surface area contributed by atoms with Crippen molar-refractivity contribution in [2.75, 3.05) is 5.32 Å². The molecule has 8 heteroatoms. The number of aryl methyl sites for hydroxylation is 1. The number of aromatic nitrogens is 3. The molecule has 0 saturated heterocycles.